The molecule has 40 heavy (non-hydrogen) atoms. The maximum absolute atomic E-state index is 13.9. The largest absolute Gasteiger partial charge is 0.345 e. The minimum absolute atomic E-state index is 0.0434. The Hall–Kier alpha value is -2.44. The summed E-state index contributed by atoms with van der Waals surface area (Å²) in [6.07, 6.45) is 8.48. The molecule has 0 spiro atoms. The van der Waals surface area contributed by atoms with E-state index in [4.69, 9.17) is 0 Å². The zero-order valence-electron chi connectivity index (χ0n) is 25.0. The zero-order valence-corrected chi connectivity index (χ0v) is 25.8. The second-order valence-electron chi connectivity index (χ2n) is 11.8. The first-order chi connectivity index (χ1) is 19.2. The number of ketones is 2. The highest BCUT2D eigenvalue weighted by molar-refractivity contribution is 8.00. The van der Waals surface area contributed by atoms with Crippen LogP contribution in [0.2, 0.25) is 0 Å². The number of benzene rings is 2. The summed E-state index contributed by atoms with van der Waals surface area (Å²) in [6, 6.07) is 19.7. The van der Waals surface area contributed by atoms with Gasteiger partial charge in [-0.1, -0.05) is 79.9 Å². The van der Waals surface area contributed by atoms with Crippen LogP contribution < -0.4 is 10.6 Å². The minimum Gasteiger partial charge on any atom is -0.345 e. The van der Waals surface area contributed by atoms with Gasteiger partial charge in [-0.2, -0.15) is 11.8 Å². The molecule has 0 heterocycles. The van der Waals surface area contributed by atoms with E-state index in [-0.39, 0.29) is 41.8 Å². The van der Waals surface area contributed by atoms with Crippen molar-refractivity contribution in [1.82, 2.24) is 10.6 Å². The normalized spacial score (nSPS) is 16.8. The second-order valence-corrected chi connectivity index (χ2v) is 13.3. The molecular weight excluding hydrogens is 516 g/mol. The molecule has 0 aromatic heterocycles. The maximum atomic E-state index is 13.9. The smallest absolute Gasteiger partial charge is 0.224 e. The molecule has 0 bridgehead atoms. The summed E-state index contributed by atoms with van der Waals surface area (Å²) in [5.41, 5.74) is 2.36. The summed E-state index contributed by atoms with van der Waals surface area (Å²) in [5, 5.41) is 6.21. The van der Waals surface area contributed by atoms with E-state index in [2.05, 4.69) is 34.9 Å². The number of hydrogen-bond donors (Lipinski definition) is 2. The van der Waals surface area contributed by atoms with Crippen molar-refractivity contribution in [3.63, 3.8) is 0 Å². The summed E-state index contributed by atoms with van der Waals surface area (Å²) in [4.78, 5) is 40.8. The van der Waals surface area contributed by atoms with Crippen molar-refractivity contribution in [2.75, 3.05) is 13.3 Å². The van der Waals surface area contributed by atoms with Crippen molar-refractivity contribution in [1.29, 1.82) is 0 Å². The summed E-state index contributed by atoms with van der Waals surface area (Å²) in [6.45, 7) is 5.89. The van der Waals surface area contributed by atoms with Crippen LogP contribution in [0.3, 0.4) is 0 Å². The van der Waals surface area contributed by atoms with Gasteiger partial charge in [-0.15, -0.1) is 0 Å². The van der Waals surface area contributed by atoms with Crippen molar-refractivity contribution in [2.24, 2.45) is 11.8 Å². The van der Waals surface area contributed by atoms with E-state index in [1.807, 2.05) is 63.4 Å². The highest BCUT2D eigenvalue weighted by Crippen LogP contribution is 2.35. The van der Waals surface area contributed by atoms with Gasteiger partial charge in [-0.05, 0) is 70.4 Å². The third-order valence-electron chi connectivity index (χ3n) is 8.81. The van der Waals surface area contributed by atoms with E-state index in [1.165, 1.54) is 17.5 Å². The van der Waals surface area contributed by atoms with E-state index >= 15 is 0 Å². The molecule has 1 aliphatic carbocycles. The fraction of sp³-hybridized carbons (Fsp3) is 0.559. The lowest BCUT2D eigenvalue weighted by atomic mass is 9.76. The van der Waals surface area contributed by atoms with Crippen LogP contribution in [-0.4, -0.2) is 47.6 Å². The van der Waals surface area contributed by atoms with E-state index in [0.717, 1.165) is 25.7 Å². The van der Waals surface area contributed by atoms with Gasteiger partial charge >= 0.3 is 0 Å². The second kappa shape index (κ2) is 15.5. The summed E-state index contributed by atoms with van der Waals surface area (Å²) in [5.74, 6) is -0.188. The predicted octanol–water partition coefficient (Wildman–Crippen LogP) is 6.56. The molecule has 2 aromatic carbocycles. The fourth-order valence-corrected chi connectivity index (χ4v) is 6.33. The number of nitrogens with one attached hydrogen (secondary N) is 2. The first-order valence-corrected chi connectivity index (χ1v) is 16.1. The van der Waals surface area contributed by atoms with Gasteiger partial charge in [0.25, 0.3) is 0 Å². The van der Waals surface area contributed by atoms with E-state index in [0.29, 0.717) is 12.8 Å². The number of rotatable bonds is 15. The van der Waals surface area contributed by atoms with Gasteiger partial charge in [-0.25, -0.2) is 0 Å². The van der Waals surface area contributed by atoms with Crippen LogP contribution in [0.15, 0.2) is 60.7 Å². The van der Waals surface area contributed by atoms with Gasteiger partial charge in [0, 0.05) is 29.4 Å². The molecular formula is C34H48N2O3S. The Bertz CT molecular complexity index is 1040. The van der Waals surface area contributed by atoms with Crippen molar-refractivity contribution in [2.45, 2.75) is 94.9 Å². The Kier molecular flexibility index (Phi) is 12.5. The van der Waals surface area contributed by atoms with E-state index in [1.54, 1.807) is 18.8 Å². The number of likely N-dealkylation sites (N-methyl/N-ethyl adjacent to an activating group) is 1. The molecule has 1 saturated carbocycles. The molecule has 2 aromatic rings. The molecule has 0 radical (unpaired) electrons. The molecule has 6 heteroatoms. The van der Waals surface area contributed by atoms with Gasteiger partial charge < -0.3 is 10.6 Å². The van der Waals surface area contributed by atoms with Crippen LogP contribution in [0.5, 0.6) is 0 Å². The third kappa shape index (κ3) is 8.78. The number of amides is 1. The average Bonchev–Trinajstić information content (AvgIpc) is 2.99. The Labute approximate surface area is 245 Å². The molecule has 3 rings (SSSR count). The molecule has 1 aliphatic rings. The maximum Gasteiger partial charge on any atom is 0.224 e. The third-order valence-corrected chi connectivity index (χ3v) is 10.1. The van der Waals surface area contributed by atoms with Gasteiger partial charge in [0.2, 0.25) is 5.91 Å². The Balaban J connectivity index is 1.81. The lowest BCUT2D eigenvalue weighted by molar-refractivity contribution is -0.135. The van der Waals surface area contributed by atoms with Crippen LogP contribution in [0.25, 0.3) is 0 Å². The monoisotopic (exact) mass is 564 g/mol. The molecule has 218 valence electrons. The molecule has 3 atom stereocenters. The first-order valence-electron chi connectivity index (χ1n) is 14.9. The fourth-order valence-electron chi connectivity index (χ4n) is 5.90. The number of carbonyl (C=O) groups is 3. The highest BCUT2D eigenvalue weighted by atomic mass is 32.2. The summed E-state index contributed by atoms with van der Waals surface area (Å²) < 4.78 is -0.485. The molecule has 0 unspecified atom stereocenters. The molecule has 2 N–H and O–H groups in total. The van der Waals surface area contributed by atoms with Crippen LogP contribution in [0, 0.1) is 11.8 Å². The van der Waals surface area contributed by atoms with Crippen LogP contribution in [0.4, 0.5) is 0 Å². The van der Waals surface area contributed by atoms with Crippen molar-refractivity contribution < 1.29 is 14.4 Å². The highest BCUT2D eigenvalue weighted by Gasteiger charge is 2.39. The number of Topliss-reactive ketones (excluding diaryl/α,β-unsaturated/α-hetero) is 2. The van der Waals surface area contributed by atoms with Crippen LogP contribution >= 0.6 is 11.8 Å². The van der Waals surface area contributed by atoms with Gasteiger partial charge in [-0.3, -0.25) is 14.4 Å². The van der Waals surface area contributed by atoms with Crippen LogP contribution in [-0.2, 0) is 14.4 Å². The Morgan fingerprint density at radius 3 is 1.95 bits per heavy atom. The topological polar surface area (TPSA) is 75.3 Å². The lowest BCUT2D eigenvalue weighted by Crippen LogP contribution is -2.55. The number of thioether (sulfide) groups is 1. The minimum atomic E-state index is -0.634. The van der Waals surface area contributed by atoms with Crippen LogP contribution in [0.1, 0.15) is 89.2 Å². The molecule has 5 nitrogen and oxygen atoms in total. The van der Waals surface area contributed by atoms with Gasteiger partial charge in [0.05, 0.1) is 6.04 Å². The predicted molar refractivity (Wildman–Crippen MR) is 167 cm³/mol. The van der Waals surface area contributed by atoms with E-state index < -0.39 is 16.7 Å². The zero-order chi connectivity index (χ0) is 29.1. The SMILES string of the molecule is CN[C@@H](C)C(=O)C[C@H](C(=O)N[C@H](C(=O)CCC(c1ccccc1)c1ccccc1)C(C)(C)SC)C1CCCCC1. The quantitative estimate of drug-likeness (QED) is 0.256. The summed E-state index contributed by atoms with van der Waals surface area (Å²) in [7, 11) is 1.77. The standard InChI is InChI=1S/C34H48N2O3S/c1-24(35-4)31(38)23-29(27-19-13-8-14-20-27)33(39)36-32(34(2,3)40-5)30(37)22-21-28(25-15-9-6-10-16-25)26-17-11-7-12-18-26/h6-7,9-12,15-18,24,27-29,32,35H,8,13-14,19-23H2,1-5H3,(H,36,39)/t24-,29-,32+/m0/s1. The lowest BCUT2D eigenvalue weighted by Gasteiger charge is -2.36. The van der Waals surface area contributed by atoms with Crippen molar-refractivity contribution >= 4 is 29.2 Å². The van der Waals surface area contributed by atoms with Crippen molar-refractivity contribution in [3.8, 4) is 0 Å². The average molecular weight is 565 g/mol. The number of hydrogen-bond acceptors (Lipinski definition) is 5. The number of carbonyl (C=O) groups excluding carboxylic acids is 3. The molecule has 0 aliphatic heterocycles. The van der Waals surface area contributed by atoms with Gasteiger partial charge in [0.1, 0.15) is 11.8 Å². The molecule has 1 amide bonds. The Morgan fingerprint density at radius 2 is 1.45 bits per heavy atom. The molecule has 0 saturated heterocycles. The molecule has 1 fully saturated rings. The first kappa shape index (κ1) is 32.1. The Morgan fingerprint density at radius 1 is 0.900 bits per heavy atom. The van der Waals surface area contributed by atoms with Crippen molar-refractivity contribution in [3.05, 3.63) is 71.8 Å². The summed E-state index contributed by atoms with van der Waals surface area (Å²) >= 11 is 1.59. The van der Waals surface area contributed by atoms with E-state index in [9.17, 15) is 14.4 Å². The van der Waals surface area contributed by atoms with Gasteiger partial charge in [0.15, 0.2) is 5.78 Å².